The van der Waals surface area contributed by atoms with Crippen molar-refractivity contribution in [2.45, 2.75) is 31.7 Å². The molecule has 0 heterocycles. The van der Waals surface area contributed by atoms with Crippen LogP contribution in [0.15, 0.2) is 82.2 Å². The van der Waals surface area contributed by atoms with Gasteiger partial charge >= 0.3 is 0 Å². The minimum atomic E-state index is -3.93. The Labute approximate surface area is 192 Å². The largest absolute Gasteiger partial charge is 0.348 e. The van der Waals surface area contributed by atoms with Gasteiger partial charge in [0.05, 0.1) is 16.6 Å². The van der Waals surface area contributed by atoms with Crippen LogP contribution in [0, 0.1) is 13.8 Å². The Morgan fingerprint density at radius 1 is 0.968 bits per heavy atom. The molecule has 3 rings (SSSR count). The number of aryl methyl sites for hydroxylation is 2. The van der Waals surface area contributed by atoms with Crippen LogP contribution in [0.4, 0.5) is 5.69 Å². The van der Waals surface area contributed by atoms with Crippen molar-refractivity contribution >= 4 is 37.5 Å². The first kappa shape index (κ1) is 23.0. The highest BCUT2D eigenvalue weighted by Gasteiger charge is 2.27. The molecule has 0 aliphatic carbocycles. The lowest BCUT2D eigenvalue weighted by atomic mass is 10.0. The molecule has 0 fully saturated rings. The average Bonchev–Trinajstić information content (AvgIpc) is 2.74. The summed E-state index contributed by atoms with van der Waals surface area (Å²) >= 11 is 3.38. The number of benzene rings is 3. The van der Waals surface area contributed by atoms with Crippen LogP contribution in [0.3, 0.4) is 0 Å². The summed E-state index contributed by atoms with van der Waals surface area (Å²) in [6.45, 7) is 5.61. The van der Waals surface area contributed by atoms with Crippen molar-refractivity contribution in [3.8, 4) is 0 Å². The second-order valence-electron chi connectivity index (χ2n) is 7.44. The van der Waals surface area contributed by atoms with Crippen LogP contribution >= 0.6 is 15.9 Å². The molecule has 1 N–H and O–H groups in total. The molecule has 1 amide bonds. The summed E-state index contributed by atoms with van der Waals surface area (Å²) in [7, 11) is -3.93. The van der Waals surface area contributed by atoms with Crippen molar-refractivity contribution in [2.24, 2.45) is 0 Å². The van der Waals surface area contributed by atoms with Gasteiger partial charge in [-0.3, -0.25) is 9.10 Å². The molecule has 0 spiro atoms. The number of halogens is 1. The van der Waals surface area contributed by atoms with E-state index in [-0.39, 0.29) is 23.4 Å². The predicted octanol–water partition coefficient (Wildman–Crippen LogP) is 5.14. The normalized spacial score (nSPS) is 12.3. The van der Waals surface area contributed by atoms with E-state index < -0.39 is 10.0 Å². The monoisotopic (exact) mass is 500 g/mol. The maximum Gasteiger partial charge on any atom is 0.264 e. The highest BCUT2D eigenvalue weighted by Crippen LogP contribution is 2.26. The third-order valence-electron chi connectivity index (χ3n) is 5.12. The standard InChI is InChI=1S/C24H25BrN2O3S/c1-17-12-13-20(14-18(17)2)19(3)26-24(28)16-27(22-9-7-8-21(25)15-22)31(29,30)23-10-5-4-6-11-23/h4-15,19H,16H2,1-3H3,(H,26,28). The second-order valence-corrected chi connectivity index (χ2v) is 10.2. The van der Waals surface area contributed by atoms with E-state index in [0.717, 1.165) is 19.9 Å². The van der Waals surface area contributed by atoms with Crippen molar-refractivity contribution in [1.82, 2.24) is 5.32 Å². The number of carbonyl (C=O) groups is 1. The number of nitrogens with one attached hydrogen (secondary N) is 1. The Hall–Kier alpha value is -2.64. The van der Waals surface area contributed by atoms with E-state index in [0.29, 0.717) is 5.69 Å². The van der Waals surface area contributed by atoms with E-state index in [1.807, 2.05) is 39.0 Å². The molecule has 5 nitrogen and oxygen atoms in total. The van der Waals surface area contributed by atoms with E-state index in [2.05, 4.69) is 21.2 Å². The molecule has 0 saturated carbocycles. The number of hydrogen-bond donors (Lipinski definition) is 1. The van der Waals surface area contributed by atoms with Crippen LogP contribution < -0.4 is 9.62 Å². The lowest BCUT2D eigenvalue weighted by molar-refractivity contribution is -0.120. The summed E-state index contributed by atoms with van der Waals surface area (Å²) in [6.07, 6.45) is 0. The van der Waals surface area contributed by atoms with Gasteiger partial charge in [-0.05, 0) is 67.8 Å². The molecule has 3 aromatic rings. The summed E-state index contributed by atoms with van der Waals surface area (Å²) in [4.78, 5) is 13.0. The van der Waals surface area contributed by atoms with Crippen molar-refractivity contribution in [2.75, 3.05) is 10.8 Å². The first-order chi connectivity index (χ1) is 14.7. The smallest absolute Gasteiger partial charge is 0.264 e. The van der Waals surface area contributed by atoms with Crippen LogP contribution in [-0.4, -0.2) is 20.9 Å². The maximum absolute atomic E-state index is 13.3. The number of hydrogen-bond acceptors (Lipinski definition) is 3. The van der Waals surface area contributed by atoms with Crippen molar-refractivity contribution < 1.29 is 13.2 Å². The molecule has 0 aliphatic heterocycles. The molecule has 3 aromatic carbocycles. The summed E-state index contributed by atoms with van der Waals surface area (Å²) in [5.74, 6) is -0.384. The van der Waals surface area contributed by atoms with Gasteiger partial charge < -0.3 is 5.32 Å². The zero-order valence-electron chi connectivity index (χ0n) is 17.7. The summed E-state index contributed by atoms with van der Waals surface area (Å²) < 4.78 is 28.6. The molecule has 7 heteroatoms. The fraction of sp³-hybridized carbons (Fsp3) is 0.208. The fourth-order valence-electron chi connectivity index (χ4n) is 3.20. The van der Waals surface area contributed by atoms with Gasteiger partial charge in [0.1, 0.15) is 6.54 Å². The molecule has 0 aromatic heterocycles. The Bertz CT molecular complexity index is 1180. The third kappa shape index (κ3) is 5.54. The zero-order valence-corrected chi connectivity index (χ0v) is 20.1. The van der Waals surface area contributed by atoms with Gasteiger partial charge in [0.25, 0.3) is 10.0 Å². The average molecular weight is 501 g/mol. The number of carbonyl (C=O) groups excluding carboxylic acids is 1. The Kier molecular flexibility index (Phi) is 7.18. The number of rotatable bonds is 7. The van der Waals surface area contributed by atoms with Gasteiger partial charge in [-0.2, -0.15) is 0 Å². The fourth-order valence-corrected chi connectivity index (χ4v) is 5.02. The molecule has 1 atom stereocenters. The van der Waals surface area contributed by atoms with E-state index >= 15 is 0 Å². The van der Waals surface area contributed by atoms with E-state index in [1.165, 1.54) is 17.7 Å². The first-order valence-electron chi connectivity index (χ1n) is 9.88. The molecule has 0 radical (unpaired) electrons. The Morgan fingerprint density at radius 3 is 2.32 bits per heavy atom. The quantitative estimate of drug-likeness (QED) is 0.488. The minimum absolute atomic E-state index is 0.130. The van der Waals surface area contributed by atoms with E-state index in [4.69, 9.17) is 0 Å². The first-order valence-corrected chi connectivity index (χ1v) is 12.1. The molecule has 31 heavy (non-hydrogen) atoms. The SMILES string of the molecule is Cc1ccc(C(C)NC(=O)CN(c2cccc(Br)c2)S(=O)(=O)c2ccccc2)cc1C. The van der Waals surface area contributed by atoms with E-state index in [1.54, 1.807) is 42.5 Å². The van der Waals surface area contributed by atoms with Gasteiger partial charge in [0, 0.05) is 4.47 Å². The highest BCUT2D eigenvalue weighted by atomic mass is 79.9. The second kappa shape index (κ2) is 9.66. The lowest BCUT2D eigenvalue weighted by Crippen LogP contribution is -2.41. The Morgan fingerprint density at radius 2 is 1.68 bits per heavy atom. The van der Waals surface area contributed by atoms with Crippen molar-refractivity contribution in [1.29, 1.82) is 0 Å². The molecular formula is C24H25BrN2O3S. The zero-order chi connectivity index (χ0) is 22.6. The topological polar surface area (TPSA) is 66.5 Å². The van der Waals surface area contributed by atoms with Crippen molar-refractivity contribution in [3.63, 3.8) is 0 Å². The van der Waals surface area contributed by atoms with Crippen LogP contribution in [0.5, 0.6) is 0 Å². The van der Waals surface area contributed by atoms with Crippen LogP contribution in [-0.2, 0) is 14.8 Å². The maximum atomic E-state index is 13.3. The summed E-state index contributed by atoms with van der Waals surface area (Å²) in [5.41, 5.74) is 3.70. The number of amides is 1. The summed E-state index contributed by atoms with van der Waals surface area (Å²) in [5, 5.41) is 2.92. The molecule has 162 valence electrons. The Balaban J connectivity index is 1.88. The van der Waals surface area contributed by atoms with Gasteiger partial charge in [0.2, 0.25) is 5.91 Å². The third-order valence-corrected chi connectivity index (χ3v) is 7.40. The minimum Gasteiger partial charge on any atom is -0.348 e. The highest BCUT2D eigenvalue weighted by molar-refractivity contribution is 9.10. The van der Waals surface area contributed by atoms with Crippen LogP contribution in [0.1, 0.15) is 29.7 Å². The van der Waals surface area contributed by atoms with Crippen molar-refractivity contribution in [3.05, 3.63) is 94.0 Å². The molecule has 1 unspecified atom stereocenters. The number of sulfonamides is 1. The molecule has 0 saturated heterocycles. The van der Waals surface area contributed by atoms with Gasteiger partial charge in [-0.25, -0.2) is 8.42 Å². The molecule has 0 bridgehead atoms. The number of nitrogens with zero attached hydrogens (tertiary/aromatic N) is 1. The van der Waals surface area contributed by atoms with Gasteiger partial charge in [-0.1, -0.05) is 58.4 Å². The molecular weight excluding hydrogens is 476 g/mol. The van der Waals surface area contributed by atoms with Gasteiger partial charge in [0.15, 0.2) is 0 Å². The summed E-state index contributed by atoms with van der Waals surface area (Å²) in [6, 6.07) is 20.8. The number of anilines is 1. The van der Waals surface area contributed by atoms with Crippen LogP contribution in [0.2, 0.25) is 0 Å². The lowest BCUT2D eigenvalue weighted by Gasteiger charge is -2.25. The van der Waals surface area contributed by atoms with E-state index in [9.17, 15) is 13.2 Å². The molecule has 0 aliphatic rings. The predicted molar refractivity (Wildman–Crippen MR) is 128 cm³/mol. The van der Waals surface area contributed by atoms with Crippen LogP contribution in [0.25, 0.3) is 0 Å². The van der Waals surface area contributed by atoms with Gasteiger partial charge in [-0.15, -0.1) is 0 Å².